The first-order valence-corrected chi connectivity index (χ1v) is 12.7. The first-order valence-electron chi connectivity index (χ1n) is 12.7. The summed E-state index contributed by atoms with van der Waals surface area (Å²) >= 11 is 0. The van der Waals surface area contributed by atoms with Crippen LogP contribution in [0.5, 0.6) is 0 Å². The van der Waals surface area contributed by atoms with Gasteiger partial charge in [0.2, 0.25) is 5.91 Å². The maximum Gasteiger partial charge on any atom is 0.224 e. The molecule has 6 nitrogen and oxygen atoms in total. The highest BCUT2D eigenvalue weighted by atomic mass is 16.3. The van der Waals surface area contributed by atoms with Crippen LogP contribution in [0.15, 0.2) is 24.3 Å². The number of carbonyl (C=O) groups is 1. The lowest BCUT2D eigenvalue weighted by Gasteiger charge is -2.56. The fourth-order valence-corrected chi connectivity index (χ4v) is 7.25. The number of amides is 1. The summed E-state index contributed by atoms with van der Waals surface area (Å²) in [6, 6.07) is 8.34. The summed E-state index contributed by atoms with van der Waals surface area (Å²) in [7, 11) is 0. The van der Waals surface area contributed by atoms with E-state index in [1.807, 2.05) is 18.2 Å². The highest BCUT2D eigenvalue weighted by molar-refractivity contribution is 6.02. The first-order chi connectivity index (χ1) is 15.9. The molecule has 0 radical (unpaired) electrons. The van der Waals surface area contributed by atoms with Crippen LogP contribution in [0.25, 0.3) is 10.9 Å². The fourth-order valence-electron chi connectivity index (χ4n) is 7.25. The highest BCUT2D eigenvalue weighted by Crippen LogP contribution is 2.61. The Morgan fingerprint density at radius 2 is 1.82 bits per heavy atom. The van der Waals surface area contributed by atoms with Gasteiger partial charge in [0.25, 0.3) is 0 Å². The van der Waals surface area contributed by atoms with E-state index in [-0.39, 0.29) is 24.0 Å². The molecule has 4 bridgehead atoms. The summed E-state index contributed by atoms with van der Waals surface area (Å²) in [5.74, 6) is 3.56. The Kier molecular flexibility index (Phi) is 6.32. The molecule has 1 heterocycles. The number of fused-ring (bicyclic) bond motifs is 1. The molecule has 0 saturated heterocycles. The van der Waals surface area contributed by atoms with Gasteiger partial charge in [-0.3, -0.25) is 4.79 Å². The molecule has 1 amide bonds. The monoisotopic (exact) mass is 450 g/mol. The Hall–Kier alpha value is -2.18. The van der Waals surface area contributed by atoms with Crippen LogP contribution in [0, 0.1) is 30.1 Å². The maximum absolute atomic E-state index is 13.3. The van der Waals surface area contributed by atoms with Crippen LogP contribution < -0.4 is 16.0 Å². The van der Waals surface area contributed by atoms with E-state index in [0.717, 1.165) is 52.3 Å². The lowest BCUT2D eigenvalue weighted by atomic mass is 9.49. The van der Waals surface area contributed by atoms with E-state index < -0.39 is 0 Å². The minimum absolute atomic E-state index is 0.134. The van der Waals surface area contributed by atoms with Crippen molar-refractivity contribution < 1.29 is 9.90 Å². The molecule has 1 unspecified atom stereocenters. The maximum atomic E-state index is 13.3. The number of pyridine rings is 1. The summed E-state index contributed by atoms with van der Waals surface area (Å²) < 4.78 is 0. The number of aliphatic hydroxyl groups excluding tert-OH is 1. The Bertz CT molecular complexity index is 985. The average molecular weight is 451 g/mol. The van der Waals surface area contributed by atoms with E-state index in [1.54, 1.807) is 0 Å². The number of aliphatic hydroxyl groups is 1. The third-order valence-corrected chi connectivity index (χ3v) is 8.24. The molecule has 0 aliphatic heterocycles. The number of hydrogen-bond donors (Lipinski definition) is 4. The number of hydrogen-bond acceptors (Lipinski definition) is 5. The van der Waals surface area contributed by atoms with Crippen molar-refractivity contribution in [2.24, 2.45) is 23.2 Å². The van der Waals surface area contributed by atoms with E-state index in [9.17, 15) is 4.79 Å². The Morgan fingerprint density at radius 3 is 2.48 bits per heavy atom. The summed E-state index contributed by atoms with van der Waals surface area (Å²) in [5.41, 5.74) is 3.10. The predicted molar refractivity (Wildman–Crippen MR) is 133 cm³/mol. The first kappa shape index (κ1) is 22.6. The van der Waals surface area contributed by atoms with Gasteiger partial charge in [0.15, 0.2) is 0 Å². The number of rotatable bonds is 9. The quantitative estimate of drug-likeness (QED) is 0.453. The van der Waals surface area contributed by atoms with E-state index in [0.29, 0.717) is 13.0 Å². The molecule has 4 N–H and O–H groups in total. The SMILES string of the molecule is Cc1ccc2nc(NCC(C)NCCO)ccc2c1NC(=O)CC12CC3CC(CC(C3)C1)C2. The van der Waals surface area contributed by atoms with Gasteiger partial charge in [-0.05, 0) is 99.3 Å². The van der Waals surface area contributed by atoms with E-state index in [1.165, 1.54) is 38.5 Å². The summed E-state index contributed by atoms with van der Waals surface area (Å²) in [4.78, 5) is 18.0. The second-order valence-electron chi connectivity index (χ2n) is 11.1. The third-order valence-electron chi connectivity index (χ3n) is 8.24. The van der Waals surface area contributed by atoms with Crippen LogP contribution in [-0.2, 0) is 4.79 Å². The molecular weight excluding hydrogens is 412 g/mol. The second kappa shape index (κ2) is 9.22. The van der Waals surface area contributed by atoms with Crippen LogP contribution in [-0.4, -0.2) is 41.7 Å². The minimum Gasteiger partial charge on any atom is -0.395 e. The molecule has 4 saturated carbocycles. The predicted octanol–water partition coefficient (Wildman–Crippen LogP) is 4.47. The van der Waals surface area contributed by atoms with Crippen molar-refractivity contribution in [2.75, 3.05) is 30.3 Å². The number of aromatic nitrogens is 1. The van der Waals surface area contributed by atoms with Crippen molar-refractivity contribution in [3.63, 3.8) is 0 Å². The van der Waals surface area contributed by atoms with E-state index >= 15 is 0 Å². The molecule has 4 fully saturated rings. The van der Waals surface area contributed by atoms with Crippen LogP contribution >= 0.6 is 0 Å². The molecule has 33 heavy (non-hydrogen) atoms. The van der Waals surface area contributed by atoms with E-state index in [4.69, 9.17) is 10.1 Å². The molecule has 4 aliphatic carbocycles. The van der Waals surface area contributed by atoms with Crippen molar-refractivity contribution in [3.05, 3.63) is 29.8 Å². The lowest BCUT2D eigenvalue weighted by Crippen LogP contribution is -2.47. The second-order valence-corrected chi connectivity index (χ2v) is 11.1. The summed E-state index contributed by atoms with van der Waals surface area (Å²) in [6.45, 7) is 5.57. The zero-order chi connectivity index (χ0) is 23.0. The van der Waals surface area contributed by atoms with Gasteiger partial charge in [0.1, 0.15) is 5.82 Å². The molecular formula is C27H38N4O2. The standard InChI is InChI=1S/C27H38N4O2/c1-17-3-5-23-22(4-6-24(30-23)29-16-18(2)28-7-8-32)26(17)31-25(33)15-27-12-19-9-20(13-27)11-21(10-19)14-27/h3-6,18-21,28,32H,7-16H2,1-2H3,(H,29,30)(H,31,33). The smallest absolute Gasteiger partial charge is 0.224 e. The summed E-state index contributed by atoms with van der Waals surface area (Å²) in [5, 5.41) is 19.8. The van der Waals surface area contributed by atoms with Crippen LogP contribution in [0.3, 0.4) is 0 Å². The number of nitrogens with zero attached hydrogens (tertiary/aromatic N) is 1. The molecule has 1 aromatic heterocycles. The lowest BCUT2D eigenvalue weighted by molar-refractivity contribution is -0.124. The largest absolute Gasteiger partial charge is 0.395 e. The zero-order valence-corrected chi connectivity index (χ0v) is 20.0. The number of nitrogens with one attached hydrogen (secondary N) is 3. The van der Waals surface area contributed by atoms with Crippen molar-refractivity contribution >= 4 is 28.3 Å². The Labute approximate surface area is 196 Å². The van der Waals surface area contributed by atoms with Gasteiger partial charge < -0.3 is 21.1 Å². The average Bonchev–Trinajstić information content (AvgIpc) is 2.76. The number of benzene rings is 1. The minimum atomic E-state index is 0.134. The number of anilines is 2. The Balaban J connectivity index is 1.28. The van der Waals surface area contributed by atoms with Crippen molar-refractivity contribution in [3.8, 4) is 0 Å². The van der Waals surface area contributed by atoms with Crippen molar-refractivity contribution in [1.29, 1.82) is 0 Å². The molecule has 178 valence electrons. The van der Waals surface area contributed by atoms with E-state index in [2.05, 4.69) is 35.9 Å². The van der Waals surface area contributed by atoms with Gasteiger partial charge in [-0.15, -0.1) is 0 Å². The highest BCUT2D eigenvalue weighted by Gasteiger charge is 2.51. The topological polar surface area (TPSA) is 86.3 Å². The van der Waals surface area contributed by atoms with Gasteiger partial charge >= 0.3 is 0 Å². The molecule has 1 atom stereocenters. The molecule has 6 rings (SSSR count). The fraction of sp³-hybridized carbons (Fsp3) is 0.630. The molecule has 2 aromatic rings. The molecule has 1 aromatic carbocycles. The zero-order valence-electron chi connectivity index (χ0n) is 20.0. The number of aryl methyl sites for hydroxylation is 1. The van der Waals surface area contributed by atoms with Crippen LogP contribution in [0.1, 0.15) is 57.4 Å². The van der Waals surface area contributed by atoms with Gasteiger partial charge in [-0.2, -0.15) is 0 Å². The molecule has 4 aliphatic rings. The third kappa shape index (κ3) is 4.87. The van der Waals surface area contributed by atoms with Crippen LogP contribution in [0.4, 0.5) is 11.5 Å². The van der Waals surface area contributed by atoms with Gasteiger partial charge in [-0.1, -0.05) is 6.07 Å². The molecule has 0 spiro atoms. The van der Waals surface area contributed by atoms with Crippen LogP contribution in [0.2, 0.25) is 0 Å². The van der Waals surface area contributed by atoms with Gasteiger partial charge in [0, 0.05) is 30.9 Å². The van der Waals surface area contributed by atoms with Crippen molar-refractivity contribution in [2.45, 2.75) is 64.8 Å². The molecule has 6 heteroatoms. The summed E-state index contributed by atoms with van der Waals surface area (Å²) in [6.07, 6.45) is 8.64. The van der Waals surface area contributed by atoms with Gasteiger partial charge in [-0.25, -0.2) is 4.98 Å². The number of carbonyl (C=O) groups excluding carboxylic acids is 1. The Morgan fingerprint density at radius 1 is 1.12 bits per heavy atom. The van der Waals surface area contributed by atoms with Gasteiger partial charge in [0.05, 0.1) is 17.8 Å². The van der Waals surface area contributed by atoms with Crippen molar-refractivity contribution in [1.82, 2.24) is 10.3 Å². The normalized spacial score (nSPS) is 28.8.